The first kappa shape index (κ1) is 21.8. The summed E-state index contributed by atoms with van der Waals surface area (Å²) in [6.45, 7) is 9.60. The van der Waals surface area contributed by atoms with E-state index in [1.54, 1.807) is 0 Å². The van der Waals surface area contributed by atoms with E-state index in [4.69, 9.17) is 30.6 Å². The number of nitrogens with zero attached hydrogens (tertiary/aromatic N) is 1. The molecule has 0 heterocycles. The molecule has 0 aliphatic carbocycles. The number of hydrogen-bond donors (Lipinski definition) is 2. The van der Waals surface area contributed by atoms with Gasteiger partial charge in [-0.1, -0.05) is 0 Å². The minimum absolute atomic E-state index is 0.138. The zero-order valence-corrected chi connectivity index (χ0v) is 19.6. The van der Waals surface area contributed by atoms with Crippen molar-refractivity contribution in [2.75, 3.05) is 13.1 Å². The molecule has 0 saturated carbocycles. The average Bonchev–Trinajstić information content (AvgIpc) is 2.53. The summed E-state index contributed by atoms with van der Waals surface area (Å²) in [6.07, 6.45) is 0. The van der Waals surface area contributed by atoms with Gasteiger partial charge < -0.3 is 0 Å². The third-order valence-corrected chi connectivity index (χ3v) is 9.39. The molecule has 2 unspecified atom stereocenters. The molecular weight excluding hydrogens is 545 g/mol. The van der Waals surface area contributed by atoms with Gasteiger partial charge in [-0.25, -0.2) is 0 Å². The Morgan fingerprint density at radius 1 is 0.769 bits per heavy atom. The van der Waals surface area contributed by atoms with Crippen LogP contribution >= 0.6 is 19.2 Å². The third kappa shape index (κ3) is 5.30. The van der Waals surface area contributed by atoms with Gasteiger partial charge in [-0.15, -0.1) is 0 Å². The van der Waals surface area contributed by atoms with Crippen molar-refractivity contribution in [2.45, 2.75) is 39.8 Å². The van der Waals surface area contributed by atoms with Crippen LogP contribution in [0.3, 0.4) is 0 Å². The zero-order valence-electron chi connectivity index (χ0n) is 15.7. The predicted octanol–water partition coefficient (Wildman–Crippen LogP) is 4.76. The first-order valence-electron chi connectivity index (χ1n) is 8.58. The first-order chi connectivity index (χ1) is 12.2. The number of rotatable bonds is 7. The Morgan fingerprint density at radius 2 is 1.08 bits per heavy atom. The van der Waals surface area contributed by atoms with Gasteiger partial charge in [0.15, 0.2) is 0 Å². The fourth-order valence-corrected chi connectivity index (χ4v) is 6.69. The molecule has 2 aromatic rings. The van der Waals surface area contributed by atoms with Crippen LogP contribution < -0.4 is 11.5 Å². The Kier molecular flexibility index (Phi) is 8.11. The zero-order chi connectivity index (χ0) is 19.4. The Bertz CT molecular complexity index is 652. The molecule has 146 valence electrons. The molecular formula is C20H28Cl2IrN3. The molecule has 0 aliphatic rings. The fourth-order valence-electron chi connectivity index (χ4n) is 3.58. The van der Waals surface area contributed by atoms with E-state index in [1.807, 2.05) is 0 Å². The van der Waals surface area contributed by atoms with E-state index < -0.39 is 14.7 Å². The van der Waals surface area contributed by atoms with Crippen LogP contribution in [-0.2, 0) is 14.7 Å². The Balaban J connectivity index is 2.19. The molecule has 0 spiro atoms. The molecule has 6 heteroatoms. The molecule has 26 heavy (non-hydrogen) atoms. The van der Waals surface area contributed by atoms with Crippen LogP contribution in [0.25, 0.3) is 0 Å². The van der Waals surface area contributed by atoms with Crippen molar-refractivity contribution in [3.05, 3.63) is 69.8 Å². The number of nitrogens with two attached hydrogens (primary N) is 2. The third-order valence-electron chi connectivity index (χ3n) is 4.76. The summed E-state index contributed by atoms with van der Waals surface area (Å²) in [5, 5.41) is 0. The van der Waals surface area contributed by atoms with E-state index >= 15 is 0 Å². The van der Waals surface area contributed by atoms with Gasteiger partial charge in [0.1, 0.15) is 0 Å². The van der Waals surface area contributed by atoms with Crippen LogP contribution in [0.2, 0.25) is 0 Å². The quantitative estimate of drug-likeness (QED) is 0.502. The van der Waals surface area contributed by atoms with E-state index in [0.29, 0.717) is 13.1 Å². The van der Waals surface area contributed by atoms with E-state index in [0.717, 1.165) is 0 Å². The minimum atomic E-state index is -2.37. The molecule has 0 bridgehead atoms. The second-order valence-electron chi connectivity index (χ2n) is 6.78. The summed E-state index contributed by atoms with van der Waals surface area (Å²) >= 11 is -2.37. The van der Waals surface area contributed by atoms with Gasteiger partial charge in [-0.05, 0) is 0 Å². The number of benzene rings is 2. The van der Waals surface area contributed by atoms with Crippen molar-refractivity contribution in [3.63, 3.8) is 0 Å². The van der Waals surface area contributed by atoms with E-state index in [2.05, 4.69) is 67.7 Å². The van der Waals surface area contributed by atoms with Crippen molar-refractivity contribution >= 4 is 19.2 Å². The van der Waals surface area contributed by atoms with Gasteiger partial charge >= 0.3 is 172 Å². The van der Waals surface area contributed by atoms with Crippen LogP contribution in [0.15, 0.2) is 36.4 Å². The molecule has 2 rings (SSSR count). The predicted molar refractivity (Wildman–Crippen MR) is 109 cm³/mol. The first-order valence-corrected chi connectivity index (χ1v) is 15.6. The van der Waals surface area contributed by atoms with Crippen molar-refractivity contribution < 1.29 is 14.7 Å². The van der Waals surface area contributed by atoms with Crippen LogP contribution in [0.1, 0.15) is 45.5 Å². The number of aryl methyl sites for hydroxylation is 4. The normalized spacial score (nSPS) is 14.4. The second-order valence-corrected chi connectivity index (χ2v) is 14.4. The molecule has 4 N–H and O–H groups in total. The van der Waals surface area contributed by atoms with Gasteiger partial charge in [-0.2, -0.15) is 0 Å². The molecule has 3 nitrogen and oxygen atoms in total. The Morgan fingerprint density at radius 3 is 1.35 bits per heavy atom. The average molecular weight is 574 g/mol. The van der Waals surface area contributed by atoms with E-state index in [9.17, 15) is 0 Å². The molecule has 0 radical (unpaired) electrons. The molecule has 0 aliphatic heterocycles. The van der Waals surface area contributed by atoms with Crippen LogP contribution in [0.5, 0.6) is 0 Å². The van der Waals surface area contributed by atoms with Crippen LogP contribution in [-0.4, -0.2) is 16.7 Å². The Hall–Kier alpha value is -0.451. The monoisotopic (exact) mass is 573 g/mol. The van der Waals surface area contributed by atoms with Gasteiger partial charge in [0.25, 0.3) is 0 Å². The number of halogens is 2. The molecule has 2 atom stereocenters. The summed E-state index contributed by atoms with van der Waals surface area (Å²) < 4.78 is 2.11. The van der Waals surface area contributed by atoms with Gasteiger partial charge in [0.05, 0.1) is 0 Å². The van der Waals surface area contributed by atoms with Gasteiger partial charge in [-0.3, -0.25) is 0 Å². The summed E-state index contributed by atoms with van der Waals surface area (Å²) in [4.78, 5) is 0. The molecule has 0 amide bonds. The van der Waals surface area contributed by atoms with Crippen LogP contribution in [0.4, 0.5) is 0 Å². The van der Waals surface area contributed by atoms with Gasteiger partial charge in [0.2, 0.25) is 0 Å². The molecule has 0 saturated heterocycles. The van der Waals surface area contributed by atoms with Crippen LogP contribution in [0, 0.1) is 27.7 Å². The SMILES string of the molecule is Cc1cccc(C)c1C(N)C[N](CC(N)c1c(C)cccc1C)[Ir]([Cl])[Cl]. The second kappa shape index (κ2) is 9.66. The van der Waals surface area contributed by atoms with Crippen molar-refractivity contribution in [3.8, 4) is 0 Å². The maximum atomic E-state index is 6.54. The van der Waals surface area contributed by atoms with Crippen molar-refractivity contribution in [2.24, 2.45) is 11.5 Å². The van der Waals surface area contributed by atoms with Gasteiger partial charge in [0, 0.05) is 0 Å². The van der Waals surface area contributed by atoms with Crippen molar-refractivity contribution in [1.82, 2.24) is 3.57 Å². The maximum absolute atomic E-state index is 6.54. The van der Waals surface area contributed by atoms with E-state index in [-0.39, 0.29) is 12.1 Å². The summed E-state index contributed by atoms with van der Waals surface area (Å²) in [5.41, 5.74) is 20.2. The molecule has 0 aromatic heterocycles. The summed E-state index contributed by atoms with van der Waals surface area (Å²) in [6, 6.07) is 12.2. The fraction of sp³-hybridized carbons (Fsp3) is 0.400. The van der Waals surface area contributed by atoms with E-state index in [1.165, 1.54) is 33.4 Å². The standard InChI is InChI=1S/C20H28N3.2ClH.Ir/c1-13-7-5-8-14(2)19(13)17(21)11-23-12-18(22)20-15(3)9-6-10-16(20)4;;;/h5-10,17-18H,11-12,21-22H2,1-4H3;2*1H;/q-1;;;+3/p-2. The summed E-state index contributed by atoms with van der Waals surface area (Å²) in [7, 11) is 12.8. The molecule has 0 fully saturated rings. The molecule has 2 aromatic carbocycles. The topological polar surface area (TPSA) is 55.3 Å². The van der Waals surface area contributed by atoms with Crippen molar-refractivity contribution in [1.29, 1.82) is 0 Å². The Labute approximate surface area is 171 Å². The number of hydrogen-bond acceptors (Lipinski definition) is 3. The summed E-state index contributed by atoms with van der Waals surface area (Å²) in [5.74, 6) is 0.